The summed E-state index contributed by atoms with van der Waals surface area (Å²) in [6.45, 7) is 1.98. The van der Waals surface area contributed by atoms with Crippen LogP contribution < -0.4 is 5.32 Å². The highest BCUT2D eigenvalue weighted by Gasteiger charge is 2.13. The second-order valence-electron chi connectivity index (χ2n) is 5.41. The Kier molecular flexibility index (Phi) is 6.51. The quantitative estimate of drug-likeness (QED) is 0.794. The number of hydrogen-bond acceptors (Lipinski definition) is 4. The van der Waals surface area contributed by atoms with Crippen LogP contribution in [0.4, 0.5) is 0 Å². The van der Waals surface area contributed by atoms with Gasteiger partial charge in [-0.3, -0.25) is 4.79 Å². The summed E-state index contributed by atoms with van der Waals surface area (Å²) in [5.74, 6) is -0.872. The molecule has 0 radical (unpaired) electrons. The van der Waals surface area contributed by atoms with Crippen LogP contribution in [0.3, 0.4) is 0 Å². The molecule has 0 heterocycles. The Morgan fingerprint density at radius 2 is 1.83 bits per heavy atom. The van der Waals surface area contributed by atoms with Crippen molar-refractivity contribution in [2.24, 2.45) is 0 Å². The van der Waals surface area contributed by atoms with E-state index in [-0.39, 0.29) is 18.6 Å². The monoisotopic (exact) mass is 327 g/mol. The number of amides is 1. The first-order chi connectivity index (χ1) is 11.6. The molecule has 24 heavy (non-hydrogen) atoms. The Balaban J connectivity index is 1.85. The number of carbonyl (C=O) groups is 2. The van der Waals surface area contributed by atoms with Gasteiger partial charge in [0.1, 0.15) is 0 Å². The molecule has 0 unspecified atom stereocenters. The van der Waals surface area contributed by atoms with Gasteiger partial charge in [0.25, 0.3) is 5.91 Å². The molecule has 0 aliphatic rings. The van der Waals surface area contributed by atoms with E-state index < -0.39 is 5.97 Å². The maximum atomic E-state index is 12.0. The lowest BCUT2D eigenvalue weighted by Crippen LogP contribution is -2.31. The molecule has 5 nitrogen and oxygen atoms in total. The van der Waals surface area contributed by atoms with Crippen LogP contribution in [-0.4, -0.2) is 25.6 Å². The number of benzene rings is 2. The molecule has 2 aromatic carbocycles. The van der Waals surface area contributed by atoms with Crippen molar-refractivity contribution in [1.29, 1.82) is 0 Å². The molecule has 0 aliphatic carbocycles. The van der Waals surface area contributed by atoms with Gasteiger partial charge >= 0.3 is 5.97 Å². The average Bonchev–Trinajstić information content (AvgIpc) is 2.61. The fourth-order valence-electron chi connectivity index (χ4n) is 2.28. The predicted molar refractivity (Wildman–Crippen MR) is 90.4 cm³/mol. The van der Waals surface area contributed by atoms with Crippen molar-refractivity contribution in [3.63, 3.8) is 0 Å². The summed E-state index contributed by atoms with van der Waals surface area (Å²) in [6.07, 6.45) is 0. The number of ether oxygens (including phenoxy) is 2. The highest BCUT2D eigenvalue weighted by Crippen LogP contribution is 2.11. The van der Waals surface area contributed by atoms with E-state index in [1.54, 1.807) is 25.3 Å². The Labute approximate surface area is 141 Å². The molecular formula is C19H21NO4. The highest BCUT2D eigenvalue weighted by molar-refractivity contribution is 5.91. The zero-order valence-corrected chi connectivity index (χ0v) is 13.8. The Bertz CT molecular complexity index is 685. The van der Waals surface area contributed by atoms with Crippen LogP contribution in [0.15, 0.2) is 54.6 Å². The molecule has 2 rings (SSSR count). The number of carbonyl (C=O) groups excluding carboxylic acids is 2. The summed E-state index contributed by atoms with van der Waals surface area (Å²) in [7, 11) is 1.59. The van der Waals surface area contributed by atoms with E-state index in [1.165, 1.54) is 0 Å². The van der Waals surface area contributed by atoms with Gasteiger partial charge in [-0.1, -0.05) is 42.5 Å². The molecule has 0 aromatic heterocycles. The van der Waals surface area contributed by atoms with E-state index in [4.69, 9.17) is 9.47 Å². The van der Waals surface area contributed by atoms with Gasteiger partial charge in [-0.15, -0.1) is 0 Å². The molecule has 0 spiro atoms. The van der Waals surface area contributed by atoms with Crippen molar-refractivity contribution in [2.75, 3.05) is 13.7 Å². The fourth-order valence-corrected chi connectivity index (χ4v) is 2.28. The third kappa shape index (κ3) is 5.21. The molecular weight excluding hydrogens is 306 g/mol. The molecule has 0 aliphatic heterocycles. The van der Waals surface area contributed by atoms with Gasteiger partial charge in [-0.25, -0.2) is 4.79 Å². The van der Waals surface area contributed by atoms with E-state index in [2.05, 4.69) is 5.32 Å². The Morgan fingerprint density at radius 3 is 2.54 bits per heavy atom. The van der Waals surface area contributed by atoms with E-state index in [0.717, 1.165) is 11.1 Å². The van der Waals surface area contributed by atoms with Crippen LogP contribution in [0.2, 0.25) is 0 Å². The Hall–Kier alpha value is -2.66. The van der Waals surface area contributed by atoms with Gasteiger partial charge in [0.2, 0.25) is 0 Å². The summed E-state index contributed by atoms with van der Waals surface area (Å²) in [4.78, 5) is 23.9. The molecule has 1 amide bonds. The zero-order valence-electron chi connectivity index (χ0n) is 13.8. The molecule has 0 fully saturated rings. The first-order valence-electron chi connectivity index (χ1n) is 7.69. The second kappa shape index (κ2) is 8.84. The minimum Gasteiger partial charge on any atom is -0.452 e. The van der Waals surface area contributed by atoms with Crippen LogP contribution in [0.5, 0.6) is 0 Å². The van der Waals surface area contributed by atoms with Crippen molar-refractivity contribution < 1.29 is 19.1 Å². The molecule has 126 valence electrons. The summed E-state index contributed by atoms with van der Waals surface area (Å²) in [5, 5.41) is 2.80. The SMILES string of the molecule is COCc1cccc(C(=O)OCC(=O)N[C@H](C)c2ccccc2)c1. The molecule has 1 N–H and O–H groups in total. The van der Waals surface area contributed by atoms with E-state index >= 15 is 0 Å². The van der Waals surface area contributed by atoms with Crippen LogP contribution in [0.25, 0.3) is 0 Å². The predicted octanol–water partition coefficient (Wildman–Crippen LogP) is 2.87. The van der Waals surface area contributed by atoms with Crippen LogP contribution in [0, 0.1) is 0 Å². The molecule has 0 saturated carbocycles. The van der Waals surface area contributed by atoms with E-state index in [0.29, 0.717) is 12.2 Å². The van der Waals surface area contributed by atoms with Crippen molar-refractivity contribution in [3.8, 4) is 0 Å². The van der Waals surface area contributed by atoms with Crippen molar-refractivity contribution >= 4 is 11.9 Å². The van der Waals surface area contributed by atoms with Crippen molar-refractivity contribution in [1.82, 2.24) is 5.32 Å². The molecule has 1 atom stereocenters. The maximum absolute atomic E-state index is 12.0. The highest BCUT2D eigenvalue weighted by atomic mass is 16.5. The summed E-state index contributed by atoms with van der Waals surface area (Å²) in [6, 6.07) is 16.4. The molecule has 2 aromatic rings. The minimum absolute atomic E-state index is 0.151. The number of methoxy groups -OCH3 is 1. The largest absolute Gasteiger partial charge is 0.452 e. The van der Waals surface area contributed by atoms with Gasteiger partial charge in [0, 0.05) is 7.11 Å². The number of nitrogens with one attached hydrogen (secondary N) is 1. The van der Waals surface area contributed by atoms with Crippen LogP contribution in [0.1, 0.15) is 34.5 Å². The minimum atomic E-state index is -0.532. The standard InChI is InChI=1S/C19H21NO4/c1-14(16-8-4-3-5-9-16)20-18(21)13-24-19(22)17-10-6-7-15(11-17)12-23-2/h3-11,14H,12-13H2,1-2H3,(H,20,21)/t14-/m1/s1. The molecule has 0 bridgehead atoms. The lowest BCUT2D eigenvalue weighted by molar-refractivity contribution is -0.124. The zero-order chi connectivity index (χ0) is 17.4. The summed E-state index contributed by atoms with van der Waals surface area (Å²) in [5.41, 5.74) is 2.26. The smallest absolute Gasteiger partial charge is 0.338 e. The topological polar surface area (TPSA) is 64.6 Å². The van der Waals surface area contributed by atoms with Gasteiger partial charge in [0.15, 0.2) is 6.61 Å². The number of esters is 1. The third-order valence-electron chi connectivity index (χ3n) is 3.49. The van der Waals surface area contributed by atoms with E-state index in [9.17, 15) is 9.59 Å². The maximum Gasteiger partial charge on any atom is 0.338 e. The van der Waals surface area contributed by atoms with Crippen LogP contribution >= 0.6 is 0 Å². The summed E-state index contributed by atoms with van der Waals surface area (Å²) < 4.78 is 10.1. The van der Waals surface area contributed by atoms with Crippen molar-refractivity contribution in [2.45, 2.75) is 19.6 Å². The third-order valence-corrected chi connectivity index (χ3v) is 3.49. The van der Waals surface area contributed by atoms with Gasteiger partial charge in [-0.2, -0.15) is 0 Å². The Morgan fingerprint density at radius 1 is 1.08 bits per heavy atom. The first kappa shape index (κ1) is 17.7. The fraction of sp³-hybridized carbons (Fsp3) is 0.263. The number of hydrogen-bond donors (Lipinski definition) is 1. The lowest BCUT2D eigenvalue weighted by Gasteiger charge is -2.14. The first-order valence-corrected chi connectivity index (χ1v) is 7.69. The summed E-state index contributed by atoms with van der Waals surface area (Å²) >= 11 is 0. The lowest BCUT2D eigenvalue weighted by atomic mass is 10.1. The average molecular weight is 327 g/mol. The van der Waals surface area contributed by atoms with Crippen LogP contribution in [-0.2, 0) is 20.9 Å². The van der Waals surface area contributed by atoms with Gasteiger partial charge in [-0.05, 0) is 30.2 Å². The van der Waals surface area contributed by atoms with Gasteiger partial charge in [0.05, 0.1) is 18.2 Å². The van der Waals surface area contributed by atoms with Crippen molar-refractivity contribution in [3.05, 3.63) is 71.3 Å². The molecule has 5 heteroatoms. The molecule has 0 saturated heterocycles. The van der Waals surface area contributed by atoms with Gasteiger partial charge < -0.3 is 14.8 Å². The second-order valence-corrected chi connectivity index (χ2v) is 5.41. The normalized spacial score (nSPS) is 11.6. The van der Waals surface area contributed by atoms with E-state index in [1.807, 2.05) is 43.3 Å². The number of rotatable bonds is 7.